The van der Waals surface area contributed by atoms with Crippen LogP contribution in [0.4, 0.5) is 4.39 Å². The van der Waals surface area contributed by atoms with E-state index in [0.29, 0.717) is 24.1 Å². The third-order valence-electron chi connectivity index (χ3n) is 1.94. The van der Waals surface area contributed by atoms with Crippen LogP contribution in [0.25, 0.3) is 0 Å². The van der Waals surface area contributed by atoms with Gasteiger partial charge in [0, 0.05) is 5.56 Å². The molecule has 0 unspecified atom stereocenters. The first kappa shape index (κ1) is 10.5. The van der Waals surface area contributed by atoms with E-state index < -0.39 is 5.82 Å². The number of hydrogen-bond acceptors (Lipinski definition) is 3. The lowest BCUT2D eigenvalue weighted by atomic mass is 10.0. The average Bonchev–Trinajstić information content (AvgIpc) is 2.21. The molecule has 0 radical (unpaired) electrons. The minimum Gasteiger partial charge on any atom is -0.494 e. The monoisotopic (exact) mass is 194 g/mol. The van der Waals surface area contributed by atoms with Crippen LogP contribution in [-0.4, -0.2) is 13.7 Å². The summed E-state index contributed by atoms with van der Waals surface area (Å²) in [6.07, 6.45) is 0.339. The Bertz CT molecular complexity index is 371. The molecule has 1 aromatic carbocycles. The molecule has 0 amide bonds. The Balaban J connectivity index is 3.25. The zero-order chi connectivity index (χ0) is 10.6. The highest BCUT2D eigenvalue weighted by molar-refractivity contribution is 5.44. The van der Waals surface area contributed by atoms with E-state index in [1.54, 1.807) is 0 Å². The van der Waals surface area contributed by atoms with E-state index in [4.69, 9.17) is 15.7 Å². The molecule has 4 heteroatoms. The number of ether oxygens (including phenoxy) is 1. The summed E-state index contributed by atoms with van der Waals surface area (Å²) >= 11 is 0. The highest BCUT2D eigenvalue weighted by Gasteiger charge is 2.12. The number of rotatable bonds is 3. The summed E-state index contributed by atoms with van der Waals surface area (Å²) in [6, 6.07) is 4.89. The van der Waals surface area contributed by atoms with Crippen LogP contribution in [0.3, 0.4) is 0 Å². The molecule has 0 saturated carbocycles. The molecule has 74 valence electrons. The van der Waals surface area contributed by atoms with Crippen LogP contribution in [0.2, 0.25) is 0 Å². The maximum absolute atomic E-state index is 13.6. The zero-order valence-corrected chi connectivity index (χ0v) is 7.88. The van der Waals surface area contributed by atoms with E-state index in [2.05, 4.69) is 0 Å². The van der Waals surface area contributed by atoms with Gasteiger partial charge < -0.3 is 10.5 Å². The molecule has 0 aliphatic heterocycles. The van der Waals surface area contributed by atoms with Gasteiger partial charge in [-0.1, -0.05) is 0 Å². The number of methoxy groups -OCH3 is 1. The second kappa shape index (κ2) is 4.58. The summed E-state index contributed by atoms with van der Waals surface area (Å²) in [7, 11) is 1.39. The first-order valence-electron chi connectivity index (χ1n) is 4.20. The van der Waals surface area contributed by atoms with Crippen molar-refractivity contribution in [2.45, 2.75) is 6.42 Å². The fourth-order valence-electron chi connectivity index (χ4n) is 1.25. The van der Waals surface area contributed by atoms with Crippen molar-refractivity contribution in [2.24, 2.45) is 5.73 Å². The summed E-state index contributed by atoms with van der Waals surface area (Å²) in [6.45, 7) is 0.304. The van der Waals surface area contributed by atoms with Crippen LogP contribution in [0, 0.1) is 17.1 Å². The van der Waals surface area contributed by atoms with Crippen molar-refractivity contribution in [2.75, 3.05) is 13.7 Å². The summed E-state index contributed by atoms with van der Waals surface area (Å²) in [5, 5.41) is 8.73. The molecule has 0 aliphatic carbocycles. The van der Waals surface area contributed by atoms with Crippen molar-refractivity contribution in [1.82, 2.24) is 0 Å². The molecule has 1 rings (SSSR count). The van der Waals surface area contributed by atoms with Gasteiger partial charge in [0.15, 0.2) is 11.6 Å². The second-order valence-corrected chi connectivity index (χ2v) is 2.76. The number of hydrogen-bond donors (Lipinski definition) is 1. The smallest absolute Gasteiger partial charge is 0.169 e. The maximum Gasteiger partial charge on any atom is 0.169 e. The highest BCUT2D eigenvalue weighted by Crippen LogP contribution is 2.23. The fraction of sp³-hybridized carbons (Fsp3) is 0.300. The fourth-order valence-corrected chi connectivity index (χ4v) is 1.25. The molecule has 0 heterocycles. The molecular formula is C10H11FN2O. The molecule has 0 aliphatic rings. The van der Waals surface area contributed by atoms with Crippen LogP contribution in [-0.2, 0) is 6.42 Å². The summed E-state index contributed by atoms with van der Waals surface area (Å²) in [5.41, 5.74) is 5.97. The Kier molecular flexibility index (Phi) is 3.43. The van der Waals surface area contributed by atoms with Crippen molar-refractivity contribution in [3.63, 3.8) is 0 Å². The van der Waals surface area contributed by atoms with Gasteiger partial charge in [-0.25, -0.2) is 4.39 Å². The highest BCUT2D eigenvalue weighted by atomic mass is 19.1. The van der Waals surface area contributed by atoms with Gasteiger partial charge in [0.05, 0.1) is 18.7 Å². The maximum atomic E-state index is 13.6. The van der Waals surface area contributed by atoms with Crippen molar-refractivity contribution in [1.29, 1.82) is 5.26 Å². The quantitative estimate of drug-likeness (QED) is 0.786. The van der Waals surface area contributed by atoms with E-state index in [-0.39, 0.29) is 5.75 Å². The average molecular weight is 194 g/mol. The third-order valence-corrected chi connectivity index (χ3v) is 1.94. The number of nitrogens with zero attached hydrogens (tertiary/aromatic N) is 1. The lowest BCUT2D eigenvalue weighted by Gasteiger charge is -2.07. The van der Waals surface area contributed by atoms with E-state index in [1.165, 1.54) is 19.2 Å². The van der Waals surface area contributed by atoms with Gasteiger partial charge in [-0.3, -0.25) is 0 Å². The first-order valence-corrected chi connectivity index (χ1v) is 4.20. The van der Waals surface area contributed by atoms with E-state index >= 15 is 0 Å². The van der Waals surface area contributed by atoms with Crippen molar-refractivity contribution < 1.29 is 9.13 Å². The Labute approximate surface area is 81.9 Å². The molecular weight excluding hydrogens is 183 g/mol. The SMILES string of the molecule is COc1ccc(C#N)c(CCN)c1F. The predicted octanol–water partition coefficient (Wildman–Crippen LogP) is 1.21. The standard InChI is InChI=1S/C10H11FN2O/c1-14-9-3-2-7(6-13)8(4-5-12)10(9)11/h2-3H,4-5,12H2,1H3. The van der Waals surface area contributed by atoms with E-state index in [1.807, 2.05) is 6.07 Å². The number of nitriles is 1. The largest absolute Gasteiger partial charge is 0.494 e. The normalized spacial score (nSPS) is 9.57. The zero-order valence-electron chi connectivity index (χ0n) is 7.88. The summed E-state index contributed by atoms with van der Waals surface area (Å²) in [5.74, 6) is -0.343. The number of halogens is 1. The van der Waals surface area contributed by atoms with Crippen LogP contribution >= 0.6 is 0 Å². The lowest BCUT2D eigenvalue weighted by molar-refractivity contribution is 0.384. The van der Waals surface area contributed by atoms with Crippen molar-refractivity contribution >= 4 is 0 Å². The van der Waals surface area contributed by atoms with Gasteiger partial charge in [0.25, 0.3) is 0 Å². The molecule has 0 saturated heterocycles. The molecule has 0 bridgehead atoms. The second-order valence-electron chi connectivity index (χ2n) is 2.76. The van der Waals surface area contributed by atoms with E-state index in [0.717, 1.165) is 0 Å². The molecule has 14 heavy (non-hydrogen) atoms. The molecule has 1 aromatic rings. The molecule has 0 aromatic heterocycles. The molecule has 3 nitrogen and oxygen atoms in total. The minimum absolute atomic E-state index is 0.146. The first-order chi connectivity index (χ1) is 6.74. The van der Waals surface area contributed by atoms with Gasteiger partial charge >= 0.3 is 0 Å². The number of benzene rings is 1. The summed E-state index contributed by atoms with van der Waals surface area (Å²) in [4.78, 5) is 0. The molecule has 2 N–H and O–H groups in total. The Hall–Kier alpha value is -1.60. The Morgan fingerprint density at radius 1 is 1.57 bits per heavy atom. The Morgan fingerprint density at radius 3 is 2.79 bits per heavy atom. The van der Waals surface area contributed by atoms with Crippen molar-refractivity contribution in [3.8, 4) is 11.8 Å². The van der Waals surface area contributed by atoms with Gasteiger partial charge in [0.2, 0.25) is 0 Å². The van der Waals surface area contributed by atoms with Crippen LogP contribution < -0.4 is 10.5 Å². The molecule has 0 spiro atoms. The lowest BCUT2D eigenvalue weighted by Crippen LogP contribution is -2.07. The van der Waals surface area contributed by atoms with Crippen LogP contribution in [0.15, 0.2) is 12.1 Å². The van der Waals surface area contributed by atoms with Gasteiger partial charge in [-0.2, -0.15) is 5.26 Å². The minimum atomic E-state index is -0.489. The topological polar surface area (TPSA) is 59.0 Å². The third kappa shape index (κ3) is 1.83. The van der Waals surface area contributed by atoms with Crippen LogP contribution in [0.5, 0.6) is 5.75 Å². The molecule has 0 atom stereocenters. The predicted molar refractivity (Wildman–Crippen MR) is 50.4 cm³/mol. The van der Waals surface area contributed by atoms with Crippen LogP contribution in [0.1, 0.15) is 11.1 Å². The Morgan fingerprint density at radius 2 is 2.29 bits per heavy atom. The van der Waals surface area contributed by atoms with Gasteiger partial charge in [0.1, 0.15) is 0 Å². The molecule has 0 fully saturated rings. The van der Waals surface area contributed by atoms with Crippen molar-refractivity contribution in [3.05, 3.63) is 29.1 Å². The van der Waals surface area contributed by atoms with E-state index in [9.17, 15) is 4.39 Å². The van der Waals surface area contributed by atoms with Gasteiger partial charge in [-0.05, 0) is 25.1 Å². The van der Waals surface area contributed by atoms with Gasteiger partial charge in [-0.15, -0.1) is 0 Å². The summed E-state index contributed by atoms with van der Waals surface area (Å²) < 4.78 is 18.4. The number of nitrogens with two attached hydrogens (primary N) is 1.